The Balaban J connectivity index is 1.69. The highest BCUT2D eigenvalue weighted by Gasteiger charge is 2.35. The van der Waals surface area contributed by atoms with Crippen molar-refractivity contribution < 1.29 is 37.0 Å². The second-order valence-corrected chi connectivity index (χ2v) is 8.51. The van der Waals surface area contributed by atoms with E-state index < -0.39 is 23.8 Å². The van der Waals surface area contributed by atoms with Gasteiger partial charge in [0.25, 0.3) is 0 Å². The third kappa shape index (κ3) is 6.38. The lowest BCUT2D eigenvalue weighted by Crippen LogP contribution is -2.53. The summed E-state index contributed by atoms with van der Waals surface area (Å²) in [6.45, 7) is 6.20. The van der Waals surface area contributed by atoms with Gasteiger partial charge in [-0.05, 0) is 44.0 Å². The third-order valence-corrected chi connectivity index (χ3v) is 4.63. The van der Waals surface area contributed by atoms with E-state index in [1.807, 2.05) is 0 Å². The van der Waals surface area contributed by atoms with Crippen LogP contribution in [0.25, 0.3) is 11.1 Å². The monoisotopic (exact) mass is 451 g/mol. The summed E-state index contributed by atoms with van der Waals surface area (Å²) in [7, 11) is 0. The van der Waals surface area contributed by atoms with Crippen LogP contribution in [0.15, 0.2) is 42.5 Å². The number of halogens is 3. The highest BCUT2D eigenvalue weighted by atomic mass is 19.4. The average molecular weight is 451 g/mol. The minimum atomic E-state index is -4.87. The van der Waals surface area contributed by atoms with Crippen molar-refractivity contribution in [1.82, 2.24) is 4.90 Å². The van der Waals surface area contributed by atoms with Crippen LogP contribution in [0.4, 0.5) is 18.0 Å². The smallest absolute Gasteiger partial charge is 0.489 e. The molecule has 1 fully saturated rings. The Morgan fingerprint density at radius 1 is 1.03 bits per heavy atom. The highest BCUT2D eigenvalue weighted by Crippen LogP contribution is 2.36. The molecule has 2 aromatic rings. The van der Waals surface area contributed by atoms with Gasteiger partial charge < -0.3 is 19.1 Å². The molecule has 3 rings (SSSR count). The number of hydrogen-bond acceptors (Lipinski definition) is 5. The van der Waals surface area contributed by atoms with E-state index in [4.69, 9.17) is 9.47 Å². The van der Waals surface area contributed by atoms with Crippen LogP contribution in [0.3, 0.4) is 0 Å². The zero-order valence-corrected chi connectivity index (χ0v) is 17.9. The van der Waals surface area contributed by atoms with E-state index in [-0.39, 0.29) is 18.3 Å². The zero-order chi connectivity index (χ0) is 23.5. The van der Waals surface area contributed by atoms with Crippen LogP contribution in [0, 0.1) is 5.92 Å². The van der Waals surface area contributed by atoms with Crippen LogP contribution in [-0.4, -0.2) is 48.9 Å². The van der Waals surface area contributed by atoms with Gasteiger partial charge in [0.2, 0.25) is 0 Å². The first kappa shape index (κ1) is 23.4. The molecule has 0 saturated carbocycles. The predicted molar refractivity (Wildman–Crippen MR) is 111 cm³/mol. The molecule has 32 heavy (non-hydrogen) atoms. The third-order valence-electron chi connectivity index (χ3n) is 4.63. The summed E-state index contributed by atoms with van der Waals surface area (Å²) < 4.78 is 53.5. The molecular formula is C23H24F3NO5. The number of hydrogen-bond donors (Lipinski definition) is 0. The molecule has 1 aliphatic rings. The predicted octanol–water partition coefficient (Wildman–Crippen LogP) is 5.31. The van der Waals surface area contributed by atoms with Crippen LogP contribution >= 0.6 is 0 Å². The zero-order valence-electron chi connectivity index (χ0n) is 17.9. The Kier molecular flexibility index (Phi) is 6.66. The number of ether oxygens (including phenoxy) is 3. The average Bonchev–Trinajstić information content (AvgIpc) is 2.65. The molecule has 0 bridgehead atoms. The van der Waals surface area contributed by atoms with Gasteiger partial charge in [-0.2, -0.15) is 0 Å². The van der Waals surface area contributed by atoms with Gasteiger partial charge in [0.1, 0.15) is 11.9 Å². The summed E-state index contributed by atoms with van der Waals surface area (Å²) in [5, 5.41) is 0. The second-order valence-electron chi connectivity index (χ2n) is 8.51. The Morgan fingerprint density at radius 2 is 1.66 bits per heavy atom. The lowest BCUT2D eigenvalue weighted by molar-refractivity contribution is -0.275. The number of amides is 1. The summed E-state index contributed by atoms with van der Waals surface area (Å²) in [4.78, 5) is 24.4. The van der Waals surface area contributed by atoms with Gasteiger partial charge in [0.05, 0.1) is 6.61 Å². The number of rotatable bonds is 6. The first-order valence-electron chi connectivity index (χ1n) is 9.99. The van der Waals surface area contributed by atoms with Crippen molar-refractivity contribution in [3.63, 3.8) is 0 Å². The van der Waals surface area contributed by atoms with E-state index >= 15 is 0 Å². The maximum atomic E-state index is 12.8. The molecule has 0 unspecified atom stereocenters. The molecule has 1 saturated heterocycles. The lowest BCUT2D eigenvalue weighted by atomic mass is 10.0. The molecule has 0 N–H and O–H groups in total. The quantitative estimate of drug-likeness (QED) is 0.557. The molecule has 0 aromatic heterocycles. The molecule has 9 heteroatoms. The van der Waals surface area contributed by atoms with E-state index in [1.54, 1.807) is 45.0 Å². The van der Waals surface area contributed by atoms with Gasteiger partial charge in [-0.15, -0.1) is 13.2 Å². The van der Waals surface area contributed by atoms with Gasteiger partial charge in [-0.3, -0.25) is 4.79 Å². The minimum Gasteiger partial charge on any atom is -0.489 e. The summed E-state index contributed by atoms with van der Waals surface area (Å²) in [6, 6.07) is 10.7. The Morgan fingerprint density at radius 3 is 2.22 bits per heavy atom. The molecule has 1 aliphatic heterocycles. The van der Waals surface area contributed by atoms with Crippen LogP contribution in [-0.2, 0) is 4.74 Å². The minimum absolute atomic E-state index is 0.0446. The van der Waals surface area contributed by atoms with Gasteiger partial charge >= 0.3 is 12.5 Å². The van der Waals surface area contributed by atoms with E-state index in [9.17, 15) is 22.8 Å². The SMILES string of the molecule is CC(C)(C)OC(=O)N1CC(COc2cc(-c3ccc(C=O)cc3)ccc2OC(F)(F)F)C1. The second kappa shape index (κ2) is 9.10. The molecule has 0 aliphatic carbocycles. The van der Waals surface area contributed by atoms with Crippen molar-refractivity contribution in [1.29, 1.82) is 0 Å². The molecule has 0 spiro atoms. The van der Waals surface area contributed by atoms with Crippen molar-refractivity contribution >= 4 is 12.4 Å². The van der Waals surface area contributed by atoms with Crippen molar-refractivity contribution in [3.8, 4) is 22.6 Å². The molecule has 172 valence electrons. The highest BCUT2D eigenvalue weighted by molar-refractivity contribution is 5.77. The maximum absolute atomic E-state index is 12.8. The summed E-state index contributed by atoms with van der Waals surface area (Å²) in [6.07, 6.45) is -4.59. The first-order valence-corrected chi connectivity index (χ1v) is 9.99. The molecule has 0 radical (unpaired) electrons. The number of benzene rings is 2. The largest absolute Gasteiger partial charge is 0.573 e. The maximum Gasteiger partial charge on any atom is 0.573 e. The number of carbonyl (C=O) groups is 2. The van der Waals surface area contributed by atoms with E-state index in [2.05, 4.69) is 4.74 Å². The van der Waals surface area contributed by atoms with Crippen LogP contribution < -0.4 is 9.47 Å². The fourth-order valence-electron chi connectivity index (χ4n) is 3.12. The molecule has 6 nitrogen and oxygen atoms in total. The van der Waals surface area contributed by atoms with Gasteiger partial charge in [-0.25, -0.2) is 4.79 Å². The number of nitrogens with zero attached hydrogens (tertiary/aromatic N) is 1. The topological polar surface area (TPSA) is 65.1 Å². The Labute approximate surface area is 183 Å². The summed E-state index contributed by atoms with van der Waals surface area (Å²) in [5.74, 6) is -0.555. The summed E-state index contributed by atoms with van der Waals surface area (Å²) >= 11 is 0. The number of alkyl halides is 3. The van der Waals surface area contributed by atoms with E-state index in [1.165, 1.54) is 23.1 Å². The summed E-state index contributed by atoms with van der Waals surface area (Å²) in [5.41, 5.74) is 1.20. The molecular weight excluding hydrogens is 427 g/mol. The molecule has 1 amide bonds. The fourth-order valence-corrected chi connectivity index (χ4v) is 3.12. The first-order chi connectivity index (χ1) is 14.9. The van der Waals surface area contributed by atoms with Crippen molar-refractivity contribution in [2.75, 3.05) is 19.7 Å². The number of aldehydes is 1. The van der Waals surface area contributed by atoms with Crippen molar-refractivity contribution in [2.24, 2.45) is 5.92 Å². The van der Waals surface area contributed by atoms with E-state index in [0.717, 1.165) is 0 Å². The normalized spacial score (nSPS) is 14.5. The lowest BCUT2D eigenvalue weighted by Gasteiger charge is -2.39. The van der Waals surface area contributed by atoms with Crippen LogP contribution in [0.1, 0.15) is 31.1 Å². The Bertz CT molecular complexity index is 961. The molecule has 1 heterocycles. The van der Waals surface area contributed by atoms with Crippen molar-refractivity contribution in [2.45, 2.75) is 32.7 Å². The van der Waals surface area contributed by atoms with Crippen LogP contribution in [0.2, 0.25) is 0 Å². The van der Waals surface area contributed by atoms with Gasteiger partial charge in [-0.1, -0.05) is 30.3 Å². The number of likely N-dealkylation sites (tertiary alicyclic amines) is 1. The van der Waals surface area contributed by atoms with Crippen LogP contribution in [0.5, 0.6) is 11.5 Å². The number of carbonyl (C=O) groups excluding carboxylic acids is 2. The molecule has 0 atom stereocenters. The Hall–Kier alpha value is -3.23. The van der Waals surface area contributed by atoms with Gasteiger partial charge in [0.15, 0.2) is 11.5 Å². The fraction of sp³-hybridized carbons (Fsp3) is 0.391. The van der Waals surface area contributed by atoms with E-state index in [0.29, 0.717) is 36.1 Å². The standard InChI is InChI=1S/C23H24F3NO5/c1-22(2,3)32-21(29)27-11-16(12-27)14-30-20-10-18(8-9-19(20)31-23(24,25)26)17-6-4-15(13-28)5-7-17/h4-10,13,16H,11-12,14H2,1-3H3. The van der Waals surface area contributed by atoms with Crippen molar-refractivity contribution in [3.05, 3.63) is 48.0 Å². The van der Waals surface area contributed by atoms with Gasteiger partial charge in [0, 0.05) is 24.6 Å². The molecule has 2 aromatic carbocycles.